The van der Waals surface area contributed by atoms with Gasteiger partial charge in [0.05, 0.1) is 5.69 Å². The number of aromatic nitrogens is 2. The molecule has 20 heavy (non-hydrogen) atoms. The molecule has 1 aromatic heterocycles. The van der Waals surface area contributed by atoms with Gasteiger partial charge < -0.3 is 10.0 Å². The Kier molecular flexibility index (Phi) is 4.26. The van der Waals surface area contributed by atoms with Crippen molar-refractivity contribution in [2.45, 2.75) is 40.5 Å². The van der Waals surface area contributed by atoms with E-state index in [-0.39, 0.29) is 0 Å². The molecule has 1 aliphatic rings. The van der Waals surface area contributed by atoms with Crippen LogP contribution in [0.5, 0.6) is 0 Å². The van der Waals surface area contributed by atoms with E-state index in [1.165, 1.54) is 0 Å². The van der Waals surface area contributed by atoms with Gasteiger partial charge in [-0.2, -0.15) is 5.10 Å². The van der Waals surface area contributed by atoms with Crippen LogP contribution in [0.15, 0.2) is 0 Å². The number of aryl methyl sites for hydroxylation is 1. The van der Waals surface area contributed by atoms with Crippen LogP contribution in [0.3, 0.4) is 0 Å². The van der Waals surface area contributed by atoms with Gasteiger partial charge in [0.25, 0.3) is 0 Å². The number of carboxylic acid groups (broad SMARTS) is 1. The van der Waals surface area contributed by atoms with Crippen molar-refractivity contribution in [1.29, 1.82) is 0 Å². The predicted octanol–water partition coefficient (Wildman–Crippen LogP) is 2.39. The van der Waals surface area contributed by atoms with Crippen molar-refractivity contribution in [3.8, 4) is 0 Å². The molecule has 2 heterocycles. The van der Waals surface area contributed by atoms with Gasteiger partial charge >= 0.3 is 5.97 Å². The highest BCUT2D eigenvalue weighted by atomic mass is 16.4. The molecule has 2 unspecified atom stereocenters. The monoisotopic (exact) mass is 277 g/mol. The van der Waals surface area contributed by atoms with Crippen LogP contribution in [0.1, 0.15) is 49.3 Å². The third kappa shape index (κ3) is 2.49. The molecule has 1 aromatic rings. The fourth-order valence-electron chi connectivity index (χ4n) is 2.91. The quantitative estimate of drug-likeness (QED) is 0.915. The molecule has 0 amide bonds. The molecule has 0 aromatic carbocycles. The van der Waals surface area contributed by atoms with Crippen molar-refractivity contribution in [2.75, 3.05) is 18.0 Å². The molecular weight excluding hydrogens is 254 g/mol. The van der Waals surface area contributed by atoms with E-state index in [9.17, 15) is 9.90 Å². The third-order valence-corrected chi connectivity index (χ3v) is 4.33. The second kappa shape index (κ2) is 5.77. The topological polar surface area (TPSA) is 66.3 Å². The van der Waals surface area contributed by atoms with Crippen LogP contribution in [-0.4, -0.2) is 34.4 Å². The van der Waals surface area contributed by atoms with Gasteiger partial charge in [0, 0.05) is 13.1 Å². The highest BCUT2D eigenvalue weighted by Crippen LogP contribution is 2.30. The van der Waals surface area contributed by atoms with E-state index < -0.39 is 5.97 Å². The van der Waals surface area contributed by atoms with E-state index in [0.717, 1.165) is 24.3 Å². The lowest BCUT2D eigenvalue weighted by atomic mass is 10.0. The lowest BCUT2D eigenvalue weighted by molar-refractivity contribution is 0.0695. The van der Waals surface area contributed by atoms with Gasteiger partial charge in [-0.1, -0.05) is 27.7 Å². The van der Waals surface area contributed by atoms with Crippen molar-refractivity contribution >= 4 is 11.8 Å². The Bertz CT molecular complexity index is 506. The van der Waals surface area contributed by atoms with E-state index in [1.54, 1.807) is 0 Å². The summed E-state index contributed by atoms with van der Waals surface area (Å²) in [6, 6.07) is 0. The smallest absolute Gasteiger partial charge is 0.339 e. The predicted molar refractivity (Wildman–Crippen MR) is 78.3 cm³/mol. The zero-order valence-corrected chi connectivity index (χ0v) is 12.7. The summed E-state index contributed by atoms with van der Waals surface area (Å²) in [6.45, 7) is 10.0. The van der Waals surface area contributed by atoms with Gasteiger partial charge in [-0.3, -0.25) is 0 Å². The SMILES string of the molecule is CCc1nnc(N2CC(C)C(C)C2)c(C(=O)O)c1CC. The number of nitrogens with zero attached hydrogens (tertiary/aromatic N) is 3. The first kappa shape index (κ1) is 14.8. The average Bonchev–Trinajstić information content (AvgIpc) is 2.76. The Morgan fingerprint density at radius 1 is 1.20 bits per heavy atom. The minimum Gasteiger partial charge on any atom is -0.478 e. The maximum absolute atomic E-state index is 11.7. The summed E-state index contributed by atoms with van der Waals surface area (Å²) < 4.78 is 0. The van der Waals surface area contributed by atoms with Gasteiger partial charge in [0.1, 0.15) is 5.56 Å². The molecule has 0 bridgehead atoms. The normalized spacial score (nSPS) is 22.3. The Morgan fingerprint density at radius 3 is 2.25 bits per heavy atom. The number of carboxylic acids is 1. The second-order valence-electron chi connectivity index (χ2n) is 5.70. The average molecular weight is 277 g/mol. The molecule has 110 valence electrons. The minimum absolute atomic E-state index is 0.348. The molecule has 2 rings (SSSR count). The van der Waals surface area contributed by atoms with Crippen LogP contribution >= 0.6 is 0 Å². The molecule has 1 fully saturated rings. The molecule has 1 saturated heterocycles. The third-order valence-electron chi connectivity index (χ3n) is 4.33. The molecule has 0 saturated carbocycles. The number of carbonyl (C=O) groups is 1. The van der Waals surface area contributed by atoms with E-state index in [1.807, 2.05) is 13.8 Å². The second-order valence-corrected chi connectivity index (χ2v) is 5.70. The molecule has 0 spiro atoms. The number of rotatable bonds is 4. The Balaban J connectivity index is 2.51. The van der Waals surface area contributed by atoms with Crippen molar-refractivity contribution in [3.63, 3.8) is 0 Å². The summed E-state index contributed by atoms with van der Waals surface area (Å²) in [6.07, 6.45) is 1.38. The van der Waals surface area contributed by atoms with Crippen molar-refractivity contribution in [3.05, 3.63) is 16.8 Å². The minimum atomic E-state index is -0.895. The molecular formula is C15H23N3O2. The van der Waals surface area contributed by atoms with Crippen LogP contribution in [0, 0.1) is 11.8 Å². The lowest BCUT2D eigenvalue weighted by Crippen LogP contribution is -2.26. The van der Waals surface area contributed by atoms with Crippen molar-refractivity contribution in [2.24, 2.45) is 11.8 Å². The first-order valence-corrected chi connectivity index (χ1v) is 7.36. The maximum Gasteiger partial charge on any atom is 0.339 e. The Hall–Kier alpha value is -1.65. The lowest BCUT2D eigenvalue weighted by Gasteiger charge is -2.21. The molecule has 5 nitrogen and oxygen atoms in total. The van der Waals surface area contributed by atoms with Gasteiger partial charge in [0.15, 0.2) is 5.82 Å². The van der Waals surface area contributed by atoms with Crippen LogP contribution in [0.2, 0.25) is 0 Å². The number of hydrogen-bond acceptors (Lipinski definition) is 4. The van der Waals surface area contributed by atoms with Crippen LogP contribution in [0.4, 0.5) is 5.82 Å². The summed E-state index contributed by atoms with van der Waals surface area (Å²) in [5.74, 6) is 0.750. The van der Waals surface area contributed by atoms with Gasteiger partial charge in [0.2, 0.25) is 0 Å². The molecule has 5 heteroatoms. The van der Waals surface area contributed by atoms with Gasteiger partial charge in [-0.05, 0) is 30.2 Å². The number of hydrogen-bond donors (Lipinski definition) is 1. The zero-order valence-electron chi connectivity index (χ0n) is 12.7. The Labute approximate surface area is 120 Å². The summed E-state index contributed by atoms with van der Waals surface area (Å²) in [4.78, 5) is 13.8. The maximum atomic E-state index is 11.7. The van der Waals surface area contributed by atoms with Crippen molar-refractivity contribution in [1.82, 2.24) is 10.2 Å². The summed E-state index contributed by atoms with van der Waals surface area (Å²) in [5.41, 5.74) is 1.98. The largest absolute Gasteiger partial charge is 0.478 e. The van der Waals surface area contributed by atoms with E-state index in [2.05, 4.69) is 28.9 Å². The van der Waals surface area contributed by atoms with Gasteiger partial charge in [-0.25, -0.2) is 4.79 Å². The molecule has 2 atom stereocenters. The standard InChI is InChI=1S/C15H23N3O2/c1-5-11-12(6-2)16-17-14(13(11)15(19)20)18-7-9(3)10(4)8-18/h9-10H,5-8H2,1-4H3,(H,19,20). The van der Waals surface area contributed by atoms with Crippen LogP contribution in [0.25, 0.3) is 0 Å². The first-order valence-electron chi connectivity index (χ1n) is 7.36. The fourth-order valence-corrected chi connectivity index (χ4v) is 2.91. The fraction of sp³-hybridized carbons (Fsp3) is 0.667. The number of anilines is 1. The summed E-state index contributed by atoms with van der Waals surface area (Å²) >= 11 is 0. The van der Waals surface area contributed by atoms with E-state index in [0.29, 0.717) is 36.1 Å². The van der Waals surface area contributed by atoms with E-state index >= 15 is 0 Å². The summed E-state index contributed by atoms with van der Waals surface area (Å²) in [7, 11) is 0. The molecule has 0 aliphatic carbocycles. The molecule has 1 aliphatic heterocycles. The van der Waals surface area contributed by atoms with E-state index in [4.69, 9.17) is 0 Å². The van der Waals surface area contributed by atoms with Crippen LogP contribution < -0.4 is 4.90 Å². The molecule has 0 radical (unpaired) electrons. The van der Waals surface area contributed by atoms with Crippen molar-refractivity contribution < 1.29 is 9.90 Å². The molecule has 1 N–H and O–H groups in total. The zero-order chi connectivity index (χ0) is 14.9. The highest BCUT2D eigenvalue weighted by Gasteiger charge is 2.31. The first-order chi connectivity index (χ1) is 9.49. The van der Waals surface area contributed by atoms with Crippen LogP contribution in [-0.2, 0) is 12.8 Å². The number of aromatic carboxylic acids is 1. The van der Waals surface area contributed by atoms with Gasteiger partial charge in [-0.15, -0.1) is 5.10 Å². The highest BCUT2D eigenvalue weighted by molar-refractivity contribution is 5.95. The summed E-state index contributed by atoms with van der Waals surface area (Å²) in [5, 5.41) is 18.1. The Morgan fingerprint density at radius 2 is 1.80 bits per heavy atom.